The summed E-state index contributed by atoms with van der Waals surface area (Å²) in [6, 6.07) is 9.20. The molecule has 7 heteroatoms. The van der Waals surface area contributed by atoms with Crippen molar-refractivity contribution in [3.8, 4) is 11.7 Å². The van der Waals surface area contributed by atoms with Gasteiger partial charge in [-0.2, -0.15) is 5.10 Å². The lowest BCUT2D eigenvalue weighted by atomic mass is 10.1. The monoisotopic (exact) mass is 309 g/mol. The maximum atomic E-state index is 12.1. The van der Waals surface area contributed by atoms with Gasteiger partial charge >= 0.3 is 0 Å². The number of hydrogen-bond donors (Lipinski definition) is 1. The number of anilines is 1. The van der Waals surface area contributed by atoms with Gasteiger partial charge in [-0.05, 0) is 12.1 Å². The summed E-state index contributed by atoms with van der Waals surface area (Å²) in [5, 5.41) is 6.81. The van der Waals surface area contributed by atoms with E-state index in [9.17, 15) is 4.79 Å². The number of carbonyl (C=O) groups is 1. The second-order valence-electron chi connectivity index (χ2n) is 4.76. The quantitative estimate of drug-likeness (QED) is 0.778. The predicted octanol–water partition coefficient (Wildman–Crippen LogP) is 1.85. The third-order valence-corrected chi connectivity index (χ3v) is 3.17. The molecule has 0 spiro atoms. The molecule has 23 heavy (non-hydrogen) atoms. The van der Waals surface area contributed by atoms with E-state index in [2.05, 4.69) is 20.4 Å². The minimum atomic E-state index is -0.162. The van der Waals surface area contributed by atoms with Gasteiger partial charge in [0.1, 0.15) is 5.75 Å². The maximum Gasteiger partial charge on any atom is 0.250 e. The van der Waals surface area contributed by atoms with E-state index >= 15 is 0 Å². The van der Waals surface area contributed by atoms with Crippen LogP contribution >= 0.6 is 0 Å². The third kappa shape index (κ3) is 3.52. The van der Waals surface area contributed by atoms with Gasteiger partial charge in [-0.3, -0.25) is 4.79 Å². The van der Waals surface area contributed by atoms with Crippen molar-refractivity contribution in [2.75, 3.05) is 12.4 Å². The summed E-state index contributed by atoms with van der Waals surface area (Å²) < 4.78 is 6.78. The molecule has 0 radical (unpaired) electrons. The van der Waals surface area contributed by atoms with E-state index in [0.29, 0.717) is 17.4 Å². The molecule has 0 bridgehead atoms. The van der Waals surface area contributed by atoms with Crippen molar-refractivity contribution >= 4 is 11.6 Å². The van der Waals surface area contributed by atoms with Gasteiger partial charge in [0.05, 0.1) is 31.6 Å². The molecule has 7 nitrogen and oxygen atoms in total. The van der Waals surface area contributed by atoms with Crippen molar-refractivity contribution in [3.05, 3.63) is 60.7 Å². The average Bonchev–Trinajstić information content (AvgIpc) is 3.10. The Morgan fingerprint density at radius 3 is 2.70 bits per heavy atom. The van der Waals surface area contributed by atoms with E-state index in [1.165, 1.54) is 0 Å². The van der Waals surface area contributed by atoms with Crippen LogP contribution in [0.2, 0.25) is 0 Å². The van der Waals surface area contributed by atoms with Crippen LogP contribution in [-0.2, 0) is 11.2 Å². The van der Waals surface area contributed by atoms with Gasteiger partial charge in [-0.15, -0.1) is 0 Å². The van der Waals surface area contributed by atoms with E-state index in [-0.39, 0.29) is 12.3 Å². The van der Waals surface area contributed by atoms with E-state index in [0.717, 1.165) is 5.56 Å². The van der Waals surface area contributed by atoms with E-state index < -0.39 is 0 Å². The Bertz CT molecular complexity index is 784. The molecule has 2 heterocycles. The highest BCUT2D eigenvalue weighted by atomic mass is 16.5. The summed E-state index contributed by atoms with van der Waals surface area (Å²) in [5.41, 5.74) is 1.35. The zero-order valence-electron chi connectivity index (χ0n) is 12.5. The number of nitrogens with one attached hydrogen (secondary N) is 1. The minimum Gasteiger partial charge on any atom is -0.496 e. The third-order valence-electron chi connectivity index (χ3n) is 3.17. The van der Waals surface area contributed by atoms with E-state index in [1.54, 1.807) is 42.6 Å². The van der Waals surface area contributed by atoms with E-state index in [1.807, 2.05) is 24.3 Å². The maximum absolute atomic E-state index is 12.1. The lowest BCUT2D eigenvalue weighted by molar-refractivity contribution is -0.115. The summed E-state index contributed by atoms with van der Waals surface area (Å²) >= 11 is 0. The summed E-state index contributed by atoms with van der Waals surface area (Å²) in [6.07, 6.45) is 6.70. The SMILES string of the molecule is COc1ccccc1CC(=O)Nc1cnc(-n2cccn2)nc1. The fraction of sp³-hybridized carbons (Fsp3) is 0.125. The van der Waals surface area contributed by atoms with Crippen LogP contribution in [0.1, 0.15) is 5.56 Å². The Morgan fingerprint density at radius 1 is 1.22 bits per heavy atom. The molecule has 0 aliphatic carbocycles. The molecule has 0 unspecified atom stereocenters. The van der Waals surface area contributed by atoms with Crippen LogP contribution in [0.3, 0.4) is 0 Å². The molecule has 1 amide bonds. The topological polar surface area (TPSA) is 81.9 Å². The molecule has 0 saturated heterocycles. The highest BCUT2D eigenvalue weighted by Crippen LogP contribution is 2.18. The van der Waals surface area contributed by atoms with Crippen LogP contribution in [0.4, 0.5) is 5.69 Å². The van der Waals surface area contributed by atoms with Crippen molar-refractivity contribution < 1.29 is 9.53 Å². The molecule has 3 rings (SSSR count). The Morgan fingerprint density at radius 2 is 2.00 bits per heavy atom. The molecule has 116 valence electrons. The molecule has 0 aliphatic rings. The number of nitrogens with zero attached hydrogens (tertiary/aromatic N) is 4. The van der Waals surface area contributed by atoms with Crippen molar-refractivity contribution in [1.29, 1.82) is 0 Å². The normalized spacial score (nSPS) is 10.3. The van der Waals surface area contributed by atoms with Gasteiger partial charge in [0.25, 0.3) is 5.95 Å². The molecule has 0 aliphatic heterocycles. The van der Waals surface area contributed by atoms with Gasteiger partial charge in [-0.25, -0.2) is 14.6 Å². The van der Waals surface area contributed by atoms with Gasteiger partial charge in [0.2, 0.25) is 5.91 Å². The van der Waals surface area contributed by atoms with Crippen molar-refractivity contribution in [2.45, 2.75) is 6.42 Å². The van der Waals surface area contributed by atoms with Crippen LogP contribution < -0.4 is 10.1 Å². The highest BCUT2D eigenvalue weighted by Gasteiger charge is 2.09. The van der Waals surface area contributed by atoms with Crippen LogP contribution in [-0.4, -0.2) is 32.8 Å². The first-order valence-electron chi connectivity index (χ1n) is 7.00. The number of hydrogen-bond acceptors (Lipinski definition) is 5. The minimum absolute atomic E-state index is 0.162. The molecule has 0 atom stereocenters. The average molecular weight is 309 g/mol. The van der Waals surface area contributed by atoms with Gasteiger partial charge in [0.15, 0.2) is 0 Å². The molecule has 0 saturated carbocycles. The number of amides is 1. The van der Waals surface area contributed by atoms with Crippen molar-refractivity contribution in [3.63, 3.8) is 0 Å². The molecule has 2 aromatic heterocycles. The Kier molecular flexibility index (Phi) is 4.28. The zero-order valence-corrected chi connectivity index (χ0v) is 12.5. The molecule has 3 aromatic rings. The largest absolute Gasteiger partial charge is 0.496 e. The molecule has 1 aromatic carbocycles. The fourth-order valence-corrected chi connectivity index (χ4v) is 2.12. The van der Waals surface area contributed by atoms with Crippen LogP contribution in [0.5, 0.6) is 5.75 Å². The number of benzene rings is 1. The number of ether oxygens (including phenoxy) is 1. The van der Waals surface area contributed by atoms with E-state index in [4.69, 9.17) is 4.74 Å². The van der Waals surface area contributed by atoms with Crippen LogP contribution in [0.15, 0.2) is 55.1 Å². The molecular formula is C16H15N5O2. The van der Waals surface area contributed by atoms with Crippen LogP contribution in [0.25, 0.3) is 5.95 Å². The Balaban J connectivity index is 1.66. The number of para-hydroxylation sites is 1. The lowest BCUT2D eigenvalue weighted by Gasteiger charge is -2.08. The van der Waals surface area contributed by atoms with Crippen LogP contribution in [0, 0.1) is 0 Å². The summed E-state index contributed by atoms with van der Waals surface area (Å²) in [4.78, 5) is 20.5. The van der Waals surface area contributed by atoms with Crippen molar-refractivity contribution in [1.82, 2.24) is 19.7 Å². The smallest absolute Gasteiger partial charge is 0.250 e. The van der Waals surface area contributed by atoms with Gasteiger partial charge in [0, 0.05) is 18.0 Å². The summed E-state index contributed by atoms with van der Waals surface area (Å²) in [6.45, 7) is 0. The molecule has 0 fully saturated rings. The second kappa shape index (κ2) is 6.69. The summed E-state index contributed by atoms with van der Waals surface area (Å²) in [7, 11) is 1.58. The highest BCUT2D eigenvalue weighted by molar-refractivity contribution is 5.92. The number of aromatic nitrogens is 4. The first kappa shape index (κ1) is 14.7. The first-order valence-corrected chi connectivity index (χ1v) is 7.00. The predicted molar refractivity (Wildman–Crippen MR) is 84.5 cm³/mol. The van der Waals surface area contributed by atoms with Gasteiger partial charge < -0.3 is 10.1 Å². The summed E-state index contributed by atoms with van der Waals surface area (Å²) in [5.74, 6) is 0.968. The first-order chi connectivity index (χ1) is 11.3. The second-order valence-corrected chi connectivity index (χ2v) is 4.76. The molecule has 1 N–H and O–H groups in total. The standard InChI is InChI=1S/C16H15N5O2/c1-23-14-6-3-2-5-12(14)9-15(22)20-13-10-17-16(18-11-13)21-8-4-7-19-21/h2-8,10-11H,9H2,1H3,(H,20,22). The number of rotatable bonds is 5. The Hall–Kier alpha value is -3.22. The fourth-order valence-electron chi connectivity index (χ4n) is 2.12. The number of carbonyl (C=O) groups excluding carboxylic acids is 1. The lowest BCUT2D eigenvalue weighted by Crippen LogP contribution is -2.15. The molecular weight excluding hydrogens is 294 g/mol. The zero-order chi connectivity index (χ0) is 16.1. The Labute approximate surface area is 133 Å². The van der Waals surface area contributed by atoms with Crippen molar-refractivity contribution in [2.24, 2.45) is 0 Å². The van der Waals surface area contributed by atoms with Gasteiger partial charge in [-0.1, -0.05) is 18.2 Å². The number of methoxy groups -OCH3 is 1.